The van der Waals surface area contributed by atoms with Crippen molar-refractivity contribution >= 4 is 11.5 Å². The number of halogens is 3. The molecule has 0 amide bonds. The first-order valence-electron chi connectivity index (χ1n) is 9.29. The normalized spacial score (nSPS) is 11.5. The van der Waals surface area contributed by atoms with Gasteiger partial charge in [-0.25, -0.2) is 4.98 Å². The molecule has 0 fully saturated rings. The summed E-state index contributed by atoms with van der Waals surface area (Å²) in [5.41, 5.74) is 1.43. The van der Waals surface area contributed by atoms with Gasteiger partial charge in [0.2, 0.25) is 0 Å². The molecule has 3 rings (SSSR count). The summed E-state index contributed by atoms with van der Waals surface area (Å²) in [4.78, 5) is 7.75. The van der Waals surface area contributed by atoms with Crippen molar-refractivity contribution in [2.24, 2.45) is 5.92 Å². The lowest BCUT2D eigenvalue weighted by Crippen LogP contribution is -2.13. The Kier molecular flexibility index (Phi) is 6.36. The Labute approximate surface area is 167 Å². The molecule has 0 aliphatic carbocycles. The predicted molar refractivity (Wildman–Crippen MR) is 106 cm³/mol. The number of para-hydroxylation sites is 1. The molecule has 2 aromatic carbocycles. The van der Waals surface area contributed by atoms with E-state index in [2.05, 4.69) is 29.1 Å². The number of nitrogens with zero attached hydrogens (tertiary/aromatic N) is 2. The van der Waals surface area contributed by atoms with Crippen LogP contribution < -0.4 is 10.1 Å². The Balaban J connectivity index is 1.89. The fraction of sp³-hybridized carbons (Fsp3) is 0.273. The van der Waals surface area contributed by atoms with E-state index < -0.39 is 11.7 Å². The molecule has 7 heteroatoms. The van der Waals surface area contributed by atoms with E-state index in [4.69, 9.17) is 4.74 Å². The number of ether oxygens (including phenoxy) is 1. The summed E-state index contributed by atoms with van der Waals surface area (Å²) >= 11 is 0. The first-order valence-corrected chi connectivity index (χ1v) is 9.29. The van der Waals surface area contributed by atoms with Crippen LogP contribution in [0.15, 0.2) is 60.8 Å². The van der Waals surface area contributed by atoms with Gasteiger partial charge in [-0.15, -0.1) is 0 Å². The van der Waals surface area contributed by atoms with Gasteiger partial charge in [0.15, 0.2) is 0 Å². The zero-order valence-corrected chi connectivity index (χ0v) is 16.2. The Hall–Kier alpha value is -3.09. The summed E-state index contributed by atoms with van der Waals surface area (Å²) in [5.74, 6) is 0.0296. The Morgan fingerprint density at radius 3 is 2.38 bits per heavy atom. The van der Waals surface area contributed by atoms with Crippen LogP contribution >= 0.6 is 0 Å². The molecule has 0 spiro atoms. The number of rotatable bonds is 7. The van der Waals surface area contributed by atoms with E-state index in [1.807, 2.05) is 42.5 Å². The van der Waals surface area contributed by atoms with E-state index in [9.17, 15) is 13.2 Å². The lowest BCUT2D eigenvalue weighted by Gasteiger charge is -2.17. The molecule has 3 aromatic rings. The molecule has 152 valence electrons. The zero-order valence-electron chi connectivity index (χ0n) is 16.2. The van der Waals surface area contributed by atoms with Crippen LogP contribution in [-0.2, 0) is 19.2 Å². The molecule has 0 aliphatic heterocycles. The van der Waals surface area contributed by atoms with Gasteiger partial charge in [-0.2, -0.15) is 18.2 Å². The number of benzene rings is 2. The van der Waals surface area contributed by atoms with Crippen molar-refractivity contribution in [3.63, 3.8) is 0 Å². The molecule has 0 atom stereocenters. The zero-order chi connectivity index (χ0) is 20.9. The largest absolute Gasteiger partial charge is 0.459 e. The minimum absolute atomic E-state index is 0.120. The fourth-order valence-corrected chi connectivity index (χ4v) is 2.85. The molecular weight excluding hydrogens is 379 g/mol. The van der Waals surface area contributed by atoms with Gasteiger partial charge in [0, 0.05) is 11.9 Å². The SMILES string of the molecule is CC(C)Cc1ccccc1Nc1nc(OCc2ccccc2)ncc1C(F)(F)F. The molecule has 4 nitrogen and oxygen atoms in total. The third-order valence-electron chi connectivity index (χ3n) is 4.18. The first-order chi connectivity index (χ1) is 13.8. The summed E-state index contributed by atoms with van der Waals surface area (Å²) in [6, 6.07) is 16.4. The summed E-state index contributed by atoms with van der Waals surface area (Å²) < 4.78 is 46.0. The number of hydrogen-bond acceptors (Lipinski definition) is 4. The second kappa shape index (κ2) is 8.94. The van der Waals surface area contributed by atoms with Gasteiger partial charge in [0.25, 0.3) is 0 Å². The standard InChI is InChI=1S/C22H22F3N3O/c1-15(2)12-17-10-6-7-11-19(17)27-20-18(22(23,24)25)13-26-21(28-20)29-14-16-8-4-3-5-9-16/h3-11,13,15H,12,14H2,1-2H3,(H,26,27,28). The number of hydrogen-bond donors (Lipinski definition) is 1. The highest BCUT2D eigenvalue weighted by Crippen LogP contribution is 2.36. The molecule has 0 bridgehead atoms. The number of aromatic nitrogens is 2. The third kappa shape index (κ3) is 5.70. The maximum Gasteiger partial charge on any atom is 0.421 e. The highest BCUT2D eigenvalue weighted by molar-refractivity contribution is 5.63. The van der Waals surface area contributed by atoms with Crippen molar-refractivity contribution in [3.05, 3.63) is 77.5 Å². The summed E-state index contributed by atoms with van der Waals surface area (Å²) in [6.45, 7) is 4.27. The second-order valence-corrected chi connectivity index (χ2v) is 7.07. The van der Waals surface area contributed by atoms with Gasteiger partial charge in [0.1, 0.15) is 18.0 Å². The number of alkyl halides is 3. The van der Waals surface area contributed by atoms with Crippen LogP contribution in [-0.4, -0.2) is 9.97 Å². The quantitative estimate of drug-likeness (QED) is 0.526. The van der Waals surface area contributed by atoms with Crippen molar-refractivity contribution in [2.45, 2.75) is 33.1 Å². The second-order valence-electron chi connectivity index (χ2n) is 7.07. The van der Waals surface area contributed by atoms with Crippen LogP contribution in [0.2, 0.25) is 0 Å². The van der Waals surface area contributed by atoms with Crippen molar-refractivity contribution in [1.29, 1.82) is 0 Å². The molecule has 0 aliphatic rings. The topological polar surface area (TPSA) is 47.0 Å². The lowest BCUT2D eigenvalue weighted by molar-refractivity contribution is -0.137. The highest BCUT2D eigenvalue weighted by atomic mass is 19.4. The fourth-order valence-electron chi connectivity index (χ4n) is 2.85. The monoisotopic (exact) mass is 401 g/mol. The van der Waals surface area contributed by atoms with Crippen LogP contribution in [0.5, 0.6) is 6.01 Å². The van der Waals surface area contributed by atoms with E-state index >= 15 is 0 Å². The Bertz CT molecular complexity index is 944. The van der Waals surface area contributed by atoms with Gasteiger partial charge in [-0.3, -0.25) is 0 Å². The minimum atomic E-state index is -4.59. The van der Waals surface area contributed by atoms with E-state index in [0.717, 1.165) is 23.7 Å². The van der Waals surface area contributed by atoms with Crippen molar-refractivity contribution in [3.8, 4) is 6.01 Å². The molecular formula is C22H22F3N3O. The first kappa shape index (κ1) is 20.6. The summed E-state index contributed by atoms with van der Waals surface area (Å²) in [6.07, 6.45) is -3.11. The van der Waals surface area contributed by atoms with Crippen molar-refractivity contribution in [1.82, 2.24) is 9.97 Å². The van der Waals surface area contributed by atoms with Gasteiger partial charge < -0.3 is 10.1 Å². The van der Waals surface area contributed by atoms with Gasteiger partial charge >= 0.3 is 12.2 Å². The van der Waals surface area contributed by atoms with E-state index in [1.54, 1.807) is 12.1 Å². The maximum atomic E-state index is 13.5. The van der Waals surface area contributed by atoms with Crippen LogP contribution in [0.25, 0.3) is 0 Å². The van der Waals surface area contributed by atoms with Crippen LogP contribution in [0.1, 0.15) is 30.5 Å². The highest BCUT2D eigenvalue weighted by Gasteiger charge is 2.35. The van der Waals surface area contributed by atoms with Crippen molar-refractivity contribution in [2.75, 3.05) is 5.32 Å². The van der Waals surface area contributed by atoms with E-state index in [1.165, 1.54) is 0 Å². The smallest absolute Gasteiger partial charge is 0.421 e. The van der Waals surface area contributed by atoms with Crippen LogP contribution in [0.4, 0.5) is 24.7 Å². The van der Waals surface area contributed by atoms with Gasteiger partial charge in [0.05, 0.1) is 0 Å². The third-order valence-corrected chi connectivity index (χ3v) is 4.18. The Morgan fingerprint density at radius 1 is 1.00 bits per heavy atom. The molecule has 0 saturated carbocycles. The average molecular weight is 401 g/mol. The minimum Gasteiger partial charge on any atom is -0.459 e. The molecule has 1 heterocycles. The van der Waals surface area contributed by atoms with Crippen LogP contribution in [0.3, 0.4) is 0 Å². The van der Waals surface area contributed by atoms with Gasteiger partial charge in [-0.05, 0) is 29.5 Å². The Morgan fingerprint density at radius 2 is 1.69 bits per heavy atom. The van der Waals surface area contributed by atoms with Crippen molar-refractivity contribution < 1.29 is 17.9 Å². The molecule has 1 N–H and O–H groups in total. The van der Waals surface area contributed by atoms with E-state index in [0.29, 0.717) is 11.6 Å². The average Bonchev–Trinajstić information content (AvgIpc) is 2.67. The molecule has 0 unspecified atom stereocenters. The molecule has 1 aromatic heterocycles. The molecule has 29 heavy (non-hydrogen) atoms. The summed E-state index contributed by atoms with van der Waals surface area (Å²) in [5, 5.41) is 2.84. The van der Waals surface area contributed by atoms with E-state index in [-0.39, 0.29) is 18.4 Å². The molecule has 0 saturated heterocycles. The maximum absolute atomic E-state index is 13.5. The number of anilines is 2. The summed E-state index contributed by atoms with van der Waals surface area (Å²) in [7, 11) is 0. The predicted octanol–water partition coefficient (Wildman–Crippen LogP) is 6.02. The van der Waals surface area contributed by atoms with Gasteiger partial charge in [-0.1, -0.05) is 62.4 Å². The molecule has 0 radical (unpaired) electrons. The lowest BCUT2D eigenvalue weighted by atomic mass is 10.0. The number of nitrogens with one attached hydrogen (secondary N) is 1. The van der Waals surface area contributed by atoms with Crippen LogP contribution in [0, 0.1) is 5.92 Å².